The van der Waals surface area contributed by atoms with Crippen molar-refractivity contribution < 1.29 is 0 Å². The van der Waals surface area contributed by atoms with Gasteiger partial charge in [0, 0.05) is 23.7 Å². The van der Waals surface area contributed by atoms with Crippen LogP contribution in [0.5, 0.6) is 0 Å². The van der Waals surface area contributed by atoms with E-state index in [-0.39, 0.29) is 0 Å². The van der Waals surface area contributed by atoms with Gasteiger partial charge in [-0.2, -0.15) is 0 Å². The summed E-state index contributed by atoms with van der Waals surface area (Å²) in [4.78, 5) is 7.12. The number of pyridine rings is 1. The van der Waals surface area contributed by atoms with Crippen LogP contribution in [-0.4, -0.2) is 29.5 Å². The summed E-state index contributed by atoms with van der Waals surface area (Å²) in [6.07, 6.45) is 2.57. The fourth-order valence-corrected chi connectivity index (χ4v) is 3.29. The zero-order valence-corrected chi connectivity index (χ0v) is 13.0. The molecule has 1 unspecified atom stereocenters. The maximum Gasteiger partial charge on any atom is 0.0705 e. The molecule has 3 nitrogen and oxygen atoms in total. The normalized spacial score (nSPS) is 19.0. The van der Waals surface area contributed by atoms with Gasteiger partial charge in [-0.25, -0.2) is 0 Å². The van der Waals surface area contributed by atoms with Crippen molar-refractivity contribution >= 4 is 10.9 Å². The van der Waals surface area contributed by atoms with Gasteiger partial charge in [0.2, 0.25) is 0 Å². The molecule has 1 atom stereocenters. The summed E-state index contributed by atoms with van der Waals surface area (Å²) in [6.45, 7) is 7.38. The SMILES string of the molecule is Cc1ccc2cc(C(CN)N3CCC(C)CC3)ccc2n1. The van der Waals surface area contributed by atoms with Crippen molar-refractivity contribution in [3.63, 3.8) is 0 Å². The fraction of sp³-hybridized carbons (Fsp3) is 0.500. The van der Waals surface area contributed by atoms with Gasteiger partial charge in [-0.1, -0.05) is 19.1 Å². The number of aryl methyl sites for hydroxylation is 1. The van der Waals surface area contributed by atoms with Gasteiger partial charge < -0.3 is 5.73 Å². The summed E-state index contributed by atoms with van der Waals surface area (Å²) in [7, 11) is 0. The van der Waals surface area contributed by atoms with Gasteiger partial charge in [0.05, 0.1) is 5.52 Å². The molecule has 2 aromatic rings. The number of likely N-dealkylation sites (tertiary alicyclic amines) is 1. The maximum atomic E-state index is 6.08. The van der Waals surface area contributed by atoms with E-state index in [1.807, 2.05) is 6.92 Å². The van der Waals surface area contributed by atoms with Gasteiger partial charge in [0.25, 0.3) is 0 Å². The monoisotopic (exact) mass is 283 g/mol. The Morgan fingerprint density at radius 2 is 2.00 bits per heavy atom. The summed E-state index contributed by atoms with van der Waals surface area (Å²) in [5.41, 5.74) is 9.54. The lowest BCUT2D eigenvalue weighted by Crippen LogP contribution is -2.39. The van der Waals surface area contributed by atoms with E-state index in [9.17, 15) is 0 Å². The van der Waals surface area contributed by atoms with Gasteiger partial charge in [-0.3, -0.25) is 9.88 Å². The summed E-state index contributed by atoms with van der Waals surface area (Å²) < 4.78 is 0. The van der Waals surface area contributed by atoms with Crippen LogP contribution in [0.3, 0.4) is 0 Å². The highest BCUT2D eigenvalue weighted by Crippen LogP contribution is 2.27. The van der Waals surface area contributed by atoms with Gasteiger partial charge >= 0.3 is 0 Å². The standard InChI is InChI=1S/C18H25N3/c1-13-7-9-21(10-8-13)18(12-19)16-5-6-17-15(11-16)4-3-14(2)20-17/h3-6,11,13,18H,7-10,12,19H2,1-2H3. The fourth-order valence-electron chi connectivity index (χ4n) is 3.29. The van der Waals surface area contributed by atoms with Gasteiger partial charge in [0.1, 0.15) is 0 Å². The van der Waals surface area contributed by atoms with Crippen molar-refractivity contribution in [2.24, 2.45) is 11.7 Å². The van der Waals surface area contributed by atoms with E-state index in [0.29, 0.717) is 12.6 Å². The zero-order valence-electron chi connectivity index (χ0n) is 13.0. The van der Waals surface area contributed by atoms with Crippen LogP contribution in [0.2, 0.25) is 0 Å². The van der Waals surface area contributed by atoms with Crippen LogP contribution in [-0.2, 0) is 0 Å². The van der Waals surface area contributed by atoms with Crippen LogP contribution in [0.25, 0.3) is 10.9 Å². The van der Waals surface area contributed by atoms with Crippen LogP contribution in [0, 0.1) is 12.8 Å². The minimum Gasteiger partial charge on any atom is -0.329 e. The molecule has 0 aliphatic carbocycles. The molecule has 0 radical (unpaired) electrons. The third kappa shape index (κ3) is 3.09. The van der Waals surface area contributed by atoms with E-state index in [1.165, 1.54) is 23.8 Å². The predicted octanol–water partition coefficient (Wildman–Crippen LogP) is 3.27. The van der Waals surface area contributed by atoms with Gasteiger partial charge in [-0.05, 0) is 62.5 Å². The molecule has 112 valence electrons. The molecule has 0 spiro atoms. The summed E-state index contributed by atoms with van der Waals surface area (Å²) in [5, 5.41) is 1.21. The molecule has 0 bridgehead atoms. The van der Waals surface area contributed by atoms with Crippen molar-refractivity contribution in [1.29, 1.82) is 0 Å². The quantitative estimate of drug-likeness (QED) is 0.940. The second-order valence-electron chi connectivity index (χ2n) is 6.37. The van der Waals surface area contributed by atoms with Crippen molar-refractivity contribution in [1.82, 2.24) is 9.88 Å². The third-order valence-electron chi connectivity index (χ3n) is 4.72. The average Bonchev–Trinajstić information content (AvgIpc) is 2.50. The molecule has 21 heavy (non-hydrogen) atoms. The Labute approximate surface area is 127 Å². The Bertz CT molecular complexity index is 615. The molecule has 2 N–H and O–H groups in total. The van der Waals surface area contributed by atoms with E-state index in [2.05, 4.69) is 47.1 Å². The number of rotatable bonds is 3. The van der Waals surface area contributed by atoms with E-state index in [1.54, 1.807) is 0 Å². The Morgan fingerprint density at radius 3 is 2.71 bits per heavy atom. The third-order valence-corrected chi connectivity index (χ3v) is 4.72. The van der Waals surface area contributed by atoms with Gasteiger partial charge in [-0.15, -0.1) is 0 Å². The van der Waals surface area contributed by atoms with Crippen molar-refractivity contribution in [2.45, 2.75) is 32.7 Å². The Balaban J connectivity index is 1.88. The molecule has 1 fully saturated rings. The van der Waals surface area contributed by atoms with Crippen LogP contribution < -0.4 is 5.73 Å². The lowest BCUT2D eigenvalue weighted by atomic mass is 9.95. The number of fused-ring (bicyclic) bond motifs is 1. The maximum absolute atomic E-state index is 6.08. The van der Waals surface area contributed by atoms with Crippen LogP contribution in [0.15, 0.2) is 30.3 Å². The molecule has 1 aromatic heterocycles. The molecule has 1 aromatic carbocycles. The first-order valence-corrected chi connectivity index (χ1v) is 7.99. The van der Waals surface area contributed by atoms with E-state index in [4.69, 9.17) is 5.73 Å². The molecule has 1 aliphatic heterocycles. The smallest absolute Gasteiger partial charge is 0.0705 e. The summed E-state index contributed by atoms with van der Waals surface area (Å²) >= 11 is 0. The molecular weight excluding hydrogens is 258 g/mol. The van der Waals surface area contributed by atoms with Crippen LogP contribution in [0.4, 0.5) is 0 Å². The number of nitrogens with two attached hydrogens (primary N) is 1. The minimum atomic E-state index is 0.336. The number of nitrogens with zero attached hydrogens (tertiary/aromatic N) is 2. The van der Waals surface area contributed by atoms with E-state index >= 15 is 0 Å². The highest BCUT2D eigenvalue weighted by molar-refractivity contribution is 5.79. The molecule has 0 amide bonds. The largest absolute Gasteiger partial charge is 0.329 e. The van der Waals surface area contributed by atoms with Crippen LogP contribution >= 0.6 is 0 Å². The topological polar surface area (TPSA) is 42.1 Å². The lowest BCUT2D eigenvalue weighted by molar-refractivity contribution is 0.141. The first-order chi connectivity index (χ1) is 10.2. The molecule has 0 saturated carbocycles. The lowest BCUT2D eigenvalue weighted by Gasteiger charge is -2.36. The molecule has 3 rings (SSSR count). The molecule has 1 saturated heterocycles. The molecule has 1 aliphatic rings. The minimum absolute atomic E-state index is 0.336. The number of benzene rings is 1. The highest BCUT2D eigenvalue weighted by atomic mass is 15.2. The zero-order chi connectivity index (χ0) is 14.8. The Hall–Kier alpha value is -1.45. The van der Waals surface area contributed by atoms with E-state index < -0.39 is 0 Å². The Kier molecular flexibility index (Phi) is 4.22. The van der Waals surface area contributed by atoms with Crippen molar-refractivity contribution in [3.05, 3.63) is 41.6 Å². The number of hydrogen-bond acceptors (Lipinski definition) is 3. The number of piperidine rings is 1. The second-order valence-corrected chi connectivity index (χ2v) is 6.37. The summed E-state index contributed by atoms with van der Waals surface area (Å²) in [6, 6.07) is 11.2. The second kappa shape index (κ2) is 6.12. The molecular formula is C18H25N3. The first kappa shape index (κ1) is 14.5. The first-order valence-electron chi connectivity index (χ1n) is 7.99. The highest BCUT2D eigenvalue weighted by Gasteiger charge is 2.23. The number of aromatic nitrogens is 1. The number of hydrogen-bond donors (Lipinski definition) is 1. The molecule has 2 heterocycles. The van der Waals surface area contributed by atoms with Crippen molar-refractivity contribution in [3.8, 4) is 0 Å². The van der Waals surface area contributed by atoms with Crippen LogP contribution in [0.1, 0.15) is 37.1 Å². The predicted molar refractivity (Wildman–Crippen MR) is 88.2 cm³/mol. The summed E-state index contributed by atoms with van der Waals surface area (Å²) in [5.74, 6) is 0.850. The Morgan fingerprint density at radius 1 is 1.24 bits per heavy atom. The average molecular weight is 283 g/mol. The van der Waals surface area contributed by atoms with Gasteiger partial charge in [0.15, 0.2) is 0 Å². The van der Waals surface area contributed by atoms with Crippen molar-refractivity contribution in [2.75, 3.05) is 19.6 Å². The molecule has 3 heteroatoms. The van der Waals surface area contributed by atoms with E-state index in [0.717, 1.165) is 30.2 Å².